The molecule has 1 nitrogen and oxygen atoms in total. The van der Waals surface area contributed by atoms with Crippen molar-refractivity contribution in [2.75, 3.05) is 0 Å². The van der Waals surface area contributed by atoms with E-state index in [2.05, 4.69) is 22.9 Å². The fourth-order valence-corrected chi connectivity index (χ4v) is 0.838. The third-order valence-corrected chi connectivity index (χ3v) is 1.44. The molecule has 0 aromatic carbocycles. The topological polar surface area (TPSA) is 23.9 Å². The molecule has 0 spiro atoms. The van der Waals surface area contributed by atoms with Crippen molar-refractivity contribution in [2.24, 2.45) is 0 Å². The molecule has 0 fully saturated rings. The zero-order valence-electron chi connectivity index (χ0n) is 5.24. The van der Waals surface area contributed by atoms with E-state index in [9.17, 15) is 0 Å². The summed E-state index contributed by atoms with van der Waals surface area (Å²) in [6, 6.07) is 0. The zero-order valence-corrected chi connectivity index (χ0v) is 6.95. The van der Waals surface area contributed by atoms with E-state index in [-0.39, 0.29) is 0 Å². The zero-order chi connectivity index (χ0) is 6.41. The molecule has 0 amide bonds. The van der Waals surface area contributed by atoms with E-state index in [4.69, 9.17) is 5.41 Å². The Bertz CT molecular complexity index is 70.9. The van der Waals surface area contributed by atoms with Gasteiger partial charge in [-0.15, -0.1) is 0 Å². The van der Waals surface area contributed by atoms with Crippen molar-refractivity contribution >= 4 is 20.6 Å². The van der Waals surface area contributed by atoms with Gasteiger partial charge in [0.2, 0.25) is 0 Å². The normalized spacial score (nSPS) is 9.12. The van der Waals surface area contributed by atoms with E-state index < -0.39 is 0 Å². The molecule has 0 aromatic heterocycles. The van der Waals surface area contributed by atoms with Crippen LogP contribution in [0.25, 0.3) is 0 Å². The van der Waals surface area contributed by atoms with Crippen molar-refractivity contribution in [3.8, 4) is 0 Å². The van der Waals surface area contributed by atoms with Crippen LogP contribution in [-0.2, 0) is 0 Å². The molecule has 0 saturated heterocycles. The first kappa shape index (κ1) is 8.19. The molecular weight excluding hydrogens is 165 g/mol. The van der Waals surface area contributed by atoms with Crippen LogP contribution in [0.2, 0.25) is 0 Å². The summed E-state index contributed by atoms with van der Waals surface area (Å²) >= 11 is 2.68. The molecule has 1 radical (unpaired) electrons. The Hall–Kier alpha value is 0.189. The fourth-order valence-electron chi connectivity index (χ4n) is 0.536. The summed E-state index contributed by atoms with van der Waals surface area (Å²) in [5.41, 5.74) is 0. The van der Waals surface area contributed by atoms with Crippen LogP contribution in [0.4, 0.5) is 0 Å². The van der Waals surface area contributed by atoms with Crippen LogP contribution in [0.5, 0.6) is 0 Å². The minimum atomic E-state index is 0.693. The Labute approximate surface area is 59.2 Å². The summed E-state index contributed by atoms with van der Waals surface area (Å²) in [6.45, 7) is 2.17. The van der Waals surface area contributed by atoms with E-state index >= 15 is 0 Å². The molecule has 0 bridgehead atoms. The molecule has 0 aliphatic rings. The number of hydrogen-bond donors (Lipinski definition) is 1. The Balaban J connectivity index is 2.82. The predicted octanol–water partition coefficient (Wildman–Crippen LogP) is 1.71. The van der Waals surface area contributed by atoms with Crippen molar-refractivity contribution in [1.82, 2.24) is 0 Å². The third-order valence-electron chi connectivity index (χ3n) is 1.01. The minimum absolute atomic E-state index is 0.693. The summed E-state index contributed by atoms with van der Waals surface area (Å²) < 4.78 is 0.693. The SMILES string of the molecule is CCCCCC(=N)[Se]. The molecule has 0 aromatic rings. The van der Waals surface area contributed by atoms with Crippen LogP contribution >= 0.6 is 0 Å². The molecule has 8 heavy (non-hydrogen) atoms. The van der Waals surface area contributed by atoms with Gasteiger partial charge in [0.15, 0.2) is 0 Å². The van der Waals surface area contributed by atoms with E-state index in [1.807, 2.05) is 0 Å². The standard InChI is InChI=1S/C6H12NSe/c1-2-3-4-5-6(7)8/h7H,2-5H2,1H3. The molecule has 0 aliphatic heterocycles. The van der Waals surface area contributed by atoms with Crippen molar-refractivity contribution in [3.63, 3.8) is 0 Å². The number of rotatable bonds is 4. The molecule has 1 N–H and O–H groups in total. The Morgan fingerprint density at radius 2 is 2.12 bits per heavy atom. The van der Waals surface area contributed by atoms with E-state index in [1.54, 1.807) is 0 Å². The second-order valence-electron chi connectivity index (χ2n) is 1.88. The summed E-state index contributed by atoms with van der Waals surface area (Å²) in [4.78, 5) is 0. The van der Waals surface area contributed by atoms with Crippen LogP contribution in [0.1, 0.15) is 32.6 Å². The van der Waals surface area contributed by atoms with Crippen molar-refractivity contribution < 1.29 is 0 Å². The van der Waals surface area contributed by atoms with E-state index in [0.717, 1.165) is 6.42 Å². The van der Waals surface area contributed by atoms with Gasteiger partial charge in [0.1, 0.15) is 0 Å². The van der Waals surface area contributed by atoms with Gasteiger partial charge < -0.3 is 0 Å². The molecular formula is C6H12NSe. The molecule has 47 valence electrons. The average Bonchev–Trinajstić information content (AvgIpc) is 1.66. The summed E-state index contributed by atoms with van der Waals surface area (Å²) in [7, 11) is 0. The van der Waals surface area contributed by atoms with Gasteiger partial charge in [-0.05, 0) is 0 Å². The number of hydrogen-bond acceptors (Lipinski definition) is 1. The van der Waals surface area contributed by atoms with Gasteiger partial charge in [0.05, 0.1) is 0 Å². The van der Waals surface area contributed by atoms with E-state index in [0.29, 0.717) is 4.61 Å². The monoisotopic (exact) mass is 178 g/mol. The summed E-state index contributed by atoms with van der Waals surface area (Å²) in [5.74, 6) is 0. The molecule has 0 heterocycles. The number of unbranched alkanes of at least 4 members (excludes halogenated alkanes) is 2. The van der Waals surface area contributed by atoms with Crippen molar-refractivity contribution in [1.29, 1.82) is 5.41 Å². The quantitative estimate of drug-likeness (QED) is 0.384. The molecule has 0 rings (SSSR count). The van der Waals surface area contributed by atoms with E-state index in [1.165, 1.54) is 19.3 Å². The summed E-state index contributed by atoms with van der Waals surface area (Å²) in [5, 5.41) is 7.02. The van der Waals surface area contributed by atoms with Crippen LogP contribution in [0, 0.1) is 5.41 Å². The van der Waals surface area contributed by atoms with Crippen LogP contribution < -0.4 is 0 Å². The van der Waals surface area contributed by atoms with Gasteiger partial charge in [-0.3, -0.25) is 0 Å². The van der Waals surface area contributed by atoms with Crippen molar-refractivity contribution in [3.05, 3.63) is 0 Å². The van der Waals surface area contributed by atoms with Gasteiger partial charge in [-0.1, -0.05) is 0 Å². The maximum atomic E-state index is 7.02. The molecule has 2 heteroatoms. The third kappa shape index (κ3) is 6.19. The predicted molar refractivity (Wildman–Crippen MR) is 37.6 cm³/mol. The van der Waals surface area contributed by atoms with Gasteiger partial charge in [0, 0.05) is 0 Å². The van der Waals surface area contributed by atoms with Gasteiger partial charge in [-0.25, -0.2) is 0 Å². The fraction of sp³-hybridized carbons (Fsp3) is 0.833. The number of nitrogens with one attached hydrogen (secondary N) is 1. The second kappa shape index (κ2) is 5.33. The van der Waals surface area contributed by atoms with Crippen LogP contribution in [0.3, 0.4) is 0 Å². The first-order valence-corrected chi connectivity index (χ1v) is 3.87. The van der Waals surface area contributed by atoms with Crippen molar-refractivity contribution in [2.45, 2.75) is 32.6 Å². The first-order chi connectivity index (χ1) is 3.77. The maximum absolute atomic E-state index is 7.02. The second-order valence-corrected chi connectivity index (χ2v) is 2.91. The average molecular weight is 177 g/mol. The summed E-state index contributed by atoms with van der Waals surface area (Å²) in [6.07, 6.45) is 4.60. The molecule has 0 aliphatic carbocycles. The molecule has 0 unspecified atom stereocenters. The molecule has 0 saturated carbocycles. The van der Waals surface area contributed by atoms with Crippen LogP contribution in [0.15, 0.2) is 0 Å². The Morgan fingerprint density at radius 1 is 1.50 bits per heavy atom. The van der Waals surface area contributed by atoms with Crippen LogP contribution in [-0.4, -0.2) is 20.6 Å². The Kier molecular flexibility index (Phi) is 5.45. The molecule has 0 atom stereocenters. The van der Waals surface area contributed by atoms with Gasteiger partial charge in [-0.2, -0.15) is 0 Å². The Morgan fingerprint density at radius 3 is 2.50 bits per heavy atom. The van der Waals surface area contributed by atoms with Gasteiger partial charge in [0.25, 0.3) is 0 Å². The first-order valence-electron chi connectivity index (χ1n) is 3.01. The van der Waals surface area contributed by atoms with Gasteiger partial charge >= 0.3 is 58.6 Å².